The second-order valence-electron chi connectivity index (χ2n) is 6.83. The van der Waals surface area contributed by atoms with Crippen LogP contribution in [0.4, 0.5) is 0 Å². The molecule has 2 atom stereocenters. The Morgan fingerprint density at radius 2 is 1.89 bits per heavy atom. The SMILES string of the molecule is NC(=O)[C@@H]1C[C@H](Oc2ccccc2)CN1C(=O)CCc1nc2ccccc2s1. The lowest BCUT2D eigenvalue weighted by molar-refractivity contribution is -0.137. The monoisotopic (exact) mass is 395 g/mol. The van der Waals surface area contributed by atoms with E-state index in [-0.39, 0.29) is 12.0 Å². The predicted molar refractivity (Wildman–Crippen MR) is 108 cm³/mol. The number of hydrogen-bond acceptors (Lipinski definition) is 5. The van der Waals surface area contributed by atoms with Crippen molar-refractivity contribution in [3.63, 3.8) is 0 Å². The minimum atomic E-state index is -0.628. The number of amides is 2. The molecule has 1 aliphatic rings. The minimum Gasteiger partial charge on any atom is -0.488 e. The van der Waals surface area contributed by atoms with Crippen molar-refractivity contribution in [3.05, 3.63) is 59.6 Å². The van der Waals surface area contributed by atoms with Gasteiger partial charge in [-0.25, -0.2) is 4.98 Å². The zero-order valence-corrected chi connectivity index (χ0v) is 16.1. The average Bonchev–Trinajstić information content (AvgIpc) is 3.31. The predicted octanol–water partition coefficient (Wildman–Crippen LogP) is 2.76. The topological polar surface area (TPSA) is 85.5 Å². The molecule has 1 fully saturated rings. The summed E-state index contributed by atoms with van der Waals surface area (Å²) in [6, 6.07) is 16.7. The number of ether oxygens (including phenoxy) is 1. The van der Waals surface area contributed by atoms with Gasteiger partial charge in [-0.05, 0) is 24.3 Å². The number of benzene rings is 2. The molecule has 2 heterocycles. The molecule has 0 unspecified atom stereocenters. The zero-order chi connectivity index (χ0) is 19.5. The van der Waals surface area contributed by atoms with Crippen LogP contribution < -0.4 is 10.5 Å². The molecule has 2 N–H and O–H groups in total. The van der Waals surface area contributed by atoms with E-state index in [1.54, 1.807) is 16.2 Å². The first kappa shape index (κ1) is 18.4. The van der Waals surface area contributed by atoms with Gasteiger partial charge < -0.3 is 15.4 Å². The summed E-state index contributed by atoms with van der Waals surface area (Å²) in [6.45, 7) is 0.362. The first-order valence-electron chi connectivity index (χ1n) is 9.25. The molecular formula is C21H21N3O3S. The molecule has 1 aliphatic heterocycles. The first-order chi connectivity index (χ1) is 13.6. The molecule has 2 amide bonds. The molecule has 0 spiro atoms. The second-order valence-corrected chi connectivity index (χ2v) is 7.94. The number of primary amides is 1. The number of carbonyl (C=O) groups excluding carboxylic acids is 2. The van der Waals surface area contributed by atoms with Crippen LogP contribution in [0.2, 0.25) is 0 Å². The van der Waals surface area contributed by atoms with E-state index in [1.807, 2.05) is 54.6 Å². The van der Waals surface area contributed by atoms with Crippen LogP contribution in [0.3, 0.4) is 0 Å². The van der Waals surface area contributed by atoms with Gasteiger partial charge in [-0.2, -0.15) is 0 Å². The smallest absolute Gasteiger partial charge is 0.240 e. The van der Waals surface area contributed by atoms with E-state index in [4.69, 9.17) is 10.5 Å². The van der Waals surface area contributed by atoms with E-state index < -0.39 is 11.9 Å². The summed E-state index contributed by atoms with van der Waals surface area (Å²) in [4.78, 5) is 30.8. The zero-order valence-electron chi connectivity index (χ0n) is 15.3. The van der Waals surface area contributed by atoms with Gasteiger partial charge in [0.15, 0.2) is 0 Å². The van der Waals surface area contributed by atoms with Crippen LogP contribution in [0.1, 0.15) is 17.8 Å². The van der Waals surface area contributed by atoms with E-state index in [9.17, 15) is 9.59 Å². The number of hydrogen-bond donors (Lipinski definition) is 1. The number of nitrogens with zero attached hydrogens (tertiary/aromatic N) is 2. The Morgan fingerprint density at radius 3 is 2.64 bits per heavy atom. The van der Waals surface area contributed by atoms with Gasteiger partial charge in [0.05, 0.1) is 21.8 Å². The van der Waals surface area contributed by atoms with E-state index in [0.29, 0.717) is 25.8 Å². The number of thiazole rings is 1. The van der Waals surface area contributed by atoms with Crippen molar-refractivity contribution in [2.45, 2.75) is 31.4 Å². The van der Waals surface area contributed by atoms with Gasteiger partial charge in [-0.15, -0.1) is 11.3 Å². The van der Waals surface area contributed by atoms with Crippen LogP contribution in [-0.2, 0) is 16.0 Å². The van der Waals surface area contributed by atoms with Crippen molar-refractivity contribution < 1.29 is 14.3 Å². The van der Waals surface area contributed by atoms with Crippen LogP contribution in [0.25, 0.3) is 10.2 Å². The molecular weight excluding hydrogens is 374 g/mol. The fourth-order valence-corrected chi connectivity index (χ4v) is 4.47. The number of para-hydroxylation sites is 2. The Kier molecular flexibility index (Phi) is 5.25. The number of fused-ring (bicyclic) bond motifs is 1. The number of carbonyl (C=O) groups is 2. The van der Waals surface area contributed by atoms with Crippen LogP contribution in [0.5, 0.6) is 5.75 Å². The molecule has 0 bridgehead atoms. The summed E-state index contributed by atoms with van der Waals surface area (Å²) < 4.78 is 7.04. The highest BCUT2D eigenvalue weighted by Crippen LogP contribution is 2.26. The van der Waals surface area contributed by atoms with Crippen molar-refractivity contribution >= 4 is 33.4 Å². The Hall–Kier alpha value is -2.93. The fourth-order valence-electron chi connectivity index (χ4n) is 3.50. The van der Waals surface area contributed by atoms with Crippen LogP contribution in [0, 0.1) is 0 Å². The third-order valence-electron chi connectivity index (χ3n) is 4.85. The van der Waals surface area contributed by atoms with Crippen LogP contribution >= 0.6 is 11.3 Å². The summed E-state index contributed by atoms with van der Waals surface area (Å²) in [5.41, 5.74) is 6.49. The lowest BCUT2D eigenvalue weighted by atomic mass is 10.2. The molecule has 144 valence electrons. The van der Waals surface area contributed by atoms with E-state index in [2.05, 4.69) is 4.98 Å². The Bertz CT molecular complexity index is 956. The van der Waals surface area contributed by atoms with Crippen LogP contribution in [-0.4, -0.2) is 40.4 Å². The second kappa shape index (κ2) is 7.98. The third kappa shape index (κ3) is 3.99. The number of likely N-dealkylation sites (tertiary alicyclic amines) is 1. The summed E-state index contributed by atoms with van der Waals surface area (Å²) in [6.07, 6.45) is 1.01. The van der Waals surface area contributed by atoms with Gasteiger partial charge in [0.2, 0.25) is 11.8 Å². The molecule has 28 heavy (non-hydrogen) atoms. The first-order valence-corrected chi connectivity index (χ1v) is 10.1. The normalized spacial score (nSPS) is 19.1. The maximum atomic E-state index is 12.8. The summed E-state index contributed by atoms with van der Waals surface area (Å²) in [5, 5.41) is 0.918. The number of aryl methyl sites for hydroxylation is 1. The van der Waals surface area contributed by atoms with Gasteiger partial charge in [-0.1, -0.05) is 30.3 Å². The van der Waals surface area contributed by atoms with Gasteiger partial charge in [0.25, 0.3) is 0 Å². The fraction of sp³-hybridized carbons (Fsp3) is 0.286. The molecule has 0 radical (unpaired) electrons. The van der Waals surface area contributed by atoms with E-state index >= 15 is 0 Å². The van der Waals surface area contributed by atoms with Gasteiger partial charge in [-0.3, -0.25) is 9.59 Å². The molecule has 3 aromatic rings. The number of aromatic nitrogens is 1. The molecule has 0 aliphatic carbocycles. The Balaban J connectivity index is 1.40. The average molecular weight is 395 g/mol. The Labute approximate surface area is 166 Å². The van der Waals surface area contributed by atoms with Crippen molar-refractivity contribution in [2.75, 3.05) is 6.54 Å². The van der Waals surface area contributed by atoms with Crippen molar-refractivity contribution in [1.29, 1.82) is 0 Å². The maximum absolute atomic E-state index is 12.8. The molecule has 4 rings (SSSR count). The van der Waals surface area contributed by atoms with Gasteiger partial charge in [0.1, 0.15) is 17.9 Å². The number of rotatable bonds is 6. The molecule has 0 saturated carbocycles. The van der Waals surface area contributed by atoms with Gasteiger partial charge in [0, 0.05) is 19.3 Å². The molecule has 1 aromatic heterocycles. The van der Waals surface area contributed by atoms with Gasteiger partial charge >= 0.3 is 0 Å². The largest absolute Gasteiger partial charge is 0.488 e. The maximum Gasteiger partial charge on any atom is 0.240 e. The minimum absolute atomic E-state index is 0.0952. The quantitative estimate of drug-likeness (QED) is 0.695. The molecule has 7 heteroatoms. The lowest BCUT2D eigenvalue weighted by Crippen LogP contribution is -2.43. The van der Waals surface area contributed by atoms with E-state index in [1.165, 1.54) is 0 Å². The van der Waals surface area contributed by atoms with Crippen molar-refractivity contribution in [3.8, 4) is 5.75 Å². The molecule has 1 saturated heterocycles. The standard InChI is InChI=1S/C21H21N3O3S/c22-21(26)17-12-15(27-14-6-2-1-3-7-14)13-24(17)20(25)11-10-19-23-16-8-4-5-9-18(16)28-19/h1-9,15,17H,10-13H2,(H2,22,26)/t15-,17-/m0/s1. The van der Waals surface area contributed by atoms with Crippen LogP contribution in [0.15, 0.2) is 54.6 Å². The van der Waals surface area contributed by atoms with Crippen molar-refractivity contribution in [2.24, 2.45) is 5.73 Å². The summed E-state index contributed by atoms with van der Waals surface area (Å²) >= 11 is 1.59. The van der Waals surface area contributed by atoms with Crippen molar-refractivity contribution in [1.82, 2.24) is 9.88 Å². The Morgan fingerprint density at radius 1 is 1.14 bits per heavy atom. The molecule has 6 nitrogen and oxygen atoms in total. The highest BCUT2D eigenvalue weighted by atomic mass is 32.1. The number of nitrogens with two attached hydrogens (primary N) is 1. The van der Waals surface area contributed by atoms with E-state index in [0.717, 1.165) is 21.0 Å². The highest BCUT2D eigenvalue weighted by molar-refractivity contribution is 7.18. The highest BCUT2D eigenvalue weighted by Gasteiger charge is 2.39. The lowest BCUT2D eigenvalue weighted by Gasteiger charge is -2.21. The summed E-state index contributed by atoms with van der Waals surface area (Å²) in [7, 11) is 0. The molecule has 2 aromatic carbocycles. The summed E-state index contributed by atoms with van der Waals surface area (Å²) in [5.74, 6) is 0.134. The third-order valence-corrected chi connectivity index (χ3v) is 5.94.